The van der Waals surface area contributed by atoms with Gasteiger partial charge in [-0.3, -0.25) is 13.7 Å². The third-order valence-corrected chi connectivity index (χ3v) is 12.6. The number of benzene rings is 4. The molecule has 0 spiro atoms. The molecule has 0 saturated carbocycles. The zero-order valence-electron chi connectivity index (χ0n) is 36.8. The van der Waals surface area contributed by atoms with Gasteiger partial charge in [-0.2, -0.15) is 25.3 Å². The molecular weight excluding hydrogens is 1090 g/mol. The van der Waals surface area contributed by atoms with Crippen LogP contribution in [0.25, 0.3) is 24.3 Å². The van der Waals surface area contributed by atoms with Gasteiger partial charge in [0.25, 0.3) is 30.4 Å². The summed E-state index contributed by atoms with van der Waals surface area (Å²) in [5, 5.41) is 74.9. The summed E-state index contributed by atoms with van der Waals surface area (Å²) >= 11 is 2.07. The van der Waals surface area contributed by atoms with E-state index in [2.05, 4.69) is 28.1 Å². The minimum atomic E-state index is -4.49. The molecule has 400 valence electrons. The maximum absolute atomic E-state index is 11.1. The second-order valence-corrected chi connectivity index (χ2v) is 20.8. The molecule has 0 aromatic heterocycles. The molecule has 26 nitrogen and oxygen atoms in total. The second kappa shape index (κ2) is 32.2. The quantitative estimate of drug-likeness (QED) is 0.00815. The number of hydrogen-bond acceptors (Lipinski definition) is 26. The molecule has 72 heavy (non-hydrogen) atoms. The lowest BCUT2D eigenvalue weighted by atomic mass is 10.1. The Kier molecular flexibility index (Phi) is 27.8. The summed E-state index contributed by atoms with van der Waals surface area (Å²) in [6.45, 7) is -1.58. The number of aliphatic hydroxyl groups is 4. The number of hydrogen-bond donors (Lipinski definition) is 10. The van der Waals surface area contributed by atoms with Crippen molar-refractivity contribution in [2.24, 2.45) is 0 Å². The Balaban J connectivity index is 0.000000514. The van der Waals surface area contributed by atoms with Gasteiger partial charge in [-0.05, 0) is 70.8 Å². The fourth-order valence-electron chi connectivity index (χ4n) is 5.24. The van der Waals surface area contributed by atoms with Gasteiger partial charge < -0.3 is 39.4 Å². The van der Waals surface area contributed by atoms with Crippen LogP contribution in [0.15, 0.2) is 94.7 Å². The molecular formula is C40H48O26S6. The summed E-state index contributed by atoms with van der Waals surface area (Å²) in [6, 6.07) is 21.9. The Morgan fingerprint density at radius 3 is 1.11 bits per heavy atom. The first-order chi connectivity index (χ1) is 34.0. The maximum Gasteiger partial charge on any atom is 0.294 e. The first kappa shape index (κ1) is 62.1. The van der Waals surface area contributed by atoms with Crippen molar-refractivity contribution in [1.82, 2.24) is 0 Å². The number of aliphatic hydroxyl groups excluding tert-OH is 4. The molecule has 4 atom stereocenters. The SMILES string of the molecule is O=S(=O)(O)CC(O)COc1cc(/C=C/c2cc(OCC(O)CSOOO)cc(OCC(O)CS(=O)(=O)O)c2)cc(OCC(O)CSOOO)c1.O=S(=O)(O)c1ccc(/C=C/c2ccc(SOOO)cc2)cc1. The molecule has 10 N–H and O–H groups in total. The van der Waals surface area contributed by atoms with E-state index in [9.17, 15) is 45.7 Å². The maximum atomic E-state index is 11.1. The summed E-state index contributed by atoms with van der Waals surface area (Å²) < 4.78 is 128. The molecule has 0 heterocycles. The predicted octanol–water partition coefficient (Wildman–Crippen LogP) is 4.26. The normalized spacial score (nSPS) is 13.8. The van der Waals surface area contributed by atoms with Crippen LogP contribution in [0.5, 0.6) is 23.0 Å². The Morgan fingerprint density at radius 2 is 0.778 bits per heavy atom. The number of rotatable bonds is 32. The molecule has 4 unspecified atom stereocenters. The van der Waals surface area contributed by atoms with Crippen LogP contribution in [-0.2, 0) is 58.5 Å². The van der Waals surface area contributed by atoms with Crippen LogP contribution in [0.3, 0.4) is 0 Å². The minimum absolute atomic E-state index is 0.0539. The van der Waals surface area contributed by atoms with Crippen LogP contribution in [0.1, 0.15) is 22.3 Å². The molecule has 0 saturated heterocycles. The standard InChI is InChI=1S/C26H36O20S4.C14H12O6S2/c27-19(13-47-45-43-31)9-39-23-3-17(5-25(7-23)41-11-21(29)15-49(33,34)35)1-2-18-4-24(40-10-20(28)14-48-46-44-32)8-26(6-18)42-12-22(30)16-50(36,37)38;15-19-20-21-13-7-3-11(4-8-13)1-2-12-5-9-14(10-6-12)22(16,17)18/h1-8,19-22,27-32H,9-16H2,(H,33,34,35)(H,36,37,38);1-10,15H,(H,16,17,18)/b2*2-1+. The van der Waals surface area contributed by atoms with Crippen molar-refractivity contribution in [3.8, 4) is 23.0 Å². The highest BCUT2D eigenvalue weighted by Gasteiger charge is 2.18. The third-order valence-electron chi connectivity index (χ3n) is 8.21. The van der Waals surface area contributed by atoms with Crippen molar-refractivity contribution in [1.29, 1.82) is 0 Å². The predicted molar refractivity (Wildman–Crippen MR) is 257 cm³/mol. The molecule has 0 fully saturated rings. The Labute approximate surface area is 424 Å². The Morgan fingerprint density at radius 1 is 0.444 bits per heavy atom. The van der Waals surface area contributed by atoms with E-state index in [-0.39, 0.29) is 52.6 Å². The summed E-state index contributed by atoms with van der Waals surface area (Å²) in [6.07, 6.45) is 1.45. The van der Waals surface area contributed by atoms with E-state index in [1.807, 2.05) is 24.3 Å². The lowest BCUT2D eigenvalue weighted by Crippen LogP contribution is -2.26. The van der Waals surface area contributed by atoms with Gasteiger partial charge in [-0.15, -0.1) is 13.0 Å². The molecule has 0 bridgehead atoms. The van der Waals surface area contributed by atoms with Crippen molar-refractivity contribution < 1.29 is 122 Å². The van der Waals surface area contributed by atoms with Gasteiger partial charge in [0, 0.05) is 41.1 Å². The summed E-state index contributed by atoms with van der Waals surface area (Å²) in [4.78, 5) is 0.612. The largest absolute Gasteiger partial charge is 0.491 e. The molecule has 4 aromatic rings. The monoisotopic (exact) mass is 1140 g/mol. The molecule has 4 rings (SSSR count). The Hall–Kier alpha value is -4.18. The van der Waals surface area contributed by atoms with Crippen LogP contribution in [-0.4, -0.2) is 149 Å². The van der Waals surface area contributed by atoms with Crippen LogP contribution < -0.4 is 18.9 Å². The van der Waals surface area contributed by atoms with Crippen molar-refractivity contribution >= 4 is 90.8 Å². The van der Waals surface area contributed by atoms with Crippen molar-refractivity contribution in [2.45, 2.75) is 34.2 Å². The highest BCUT2D eigenvalue weighted by molar-refractivity contribution is 7.95. The highest BCUT2D eigenvalue weighted by atomic mass is 32.2. The van der Waals surface area contributed by atoms with Gasteiger partial charge in [-0.1, -0.05) is 63.7 Å². The van der Waals surface area contributed by atoms with E-state index in [1.54, 1.807) is 36.4 Å². The summed E-state index contributed by atoms with van der Waals surface area (Å²) in [5.74, 6) is -1.56. The van der Waals surface area contributed by atoms with E-state index in [1.165, 1.54) is 48.5 Å². The van der Waals surface area contributed by atoms with Crippen LogP contribution in [0.4, 0.5) is 0 Å². The molecule has 32 heteroatoms. The lowest BCUT2D eigenvalue weighted by Gasteiger charge is -2.15. The zero-order chi connectivity index (χ0) is 53.2. The average Bonchev–Trinajstić information content (AvgIpc) is 3.31. The fourth-order valence-corrected chi connectivity index (χ4v) is 7.95. The van der Waals surface area contributed by atoms with Crippen LogP contribution >= 0.6 is 36.1 Å². The molecule has 0 aliphatic heterocycles. The van der Waals surface area contributed by atoms with Gasteiger partial charge in [0.05, 0.1) is 40.7 Å². The highest BCUT2D eigenvalue weighted by Crippen LogP contribution is 2.29. The fraction of sp³-hybridized carbons (Fsp3) is 0.300. The number of ether oxygens (including phenoxy) is 4. The van der Waals surface area contributed by atoms with E-state index in [4.69, 9.17) is 48.4 Å². The van der Waals surface area contributed by atoms with Gasteiger partial charge in [-0.25, -0.2) is 15.8 Å². The molecule has 4 aromatic carbocycles. The smallest absolute Gasteiger partial charge is 0.294 e. The van der Waals surface area contributed by atoms with E-state index < -0.39 is 79.5 Å². The lowest BCUT2D eigenvalue weighted by molar-refractivity contribution is -0.432. The summed E-state index contributed by atoms with van der Waals surface area (Å²) in [7, 11) is -13.1. The van der Waals surface area contributed by atoms with E-state index in [0.717, 1.165) is 28.1 Å². The summed E-state index contributed by atoms with van der Waals surface area (Å²) in [5.41, 5.74) is 2.55. The Bertz CT molecular complexity index is 2510. The first-order valence-corrected chi connectivity index (χ1v) is 27.1. The van der Waals surface area contributed by atoms with Crippen LogP contribution in [0.2, 0.25) is 0 Å². The van der Waals surface area contributed by atoms with Crippen LogP contribution in [0, 0.1) is 0 Å². The average molecular weight is 1140 g/mol. The van der Waals surface area contributed by atoms with Crippen molar-refractivity contribution in [3.63, 3.8) is 0 Å². The van der Waals surface area contributed by atoms with Gasteiger partial charge in [0.15, 0.2) is 0 Å². The van der Waals surface area contributed by atoms with Crippen molar-refractivity contribution in [3.05, 3.63) is 107 Å². The molecule has 0 aliphatic carbocycles. The second-order valence-electron chi connectivity index (χ2n) is 14.2. The molecule has 0 radical (unpaired) electrons. The molecule has 0 aliphatic rings. The topological polar surface area (TPSA) is 397 Å². The van der Waals surface area contributed by atoms with Gasteiger partial charge >= 0.3 is 0 Å². The van der Waals surface area contributed by atoms with Crippen molar-refractivity contribution in [2.75, 3.05) is 49.4 Å². The van der Waals surface area contributed by atoms with Gasteiger partial charge in [0.2, 0.25) is 0 Å². The molecule has 0 amide bonds. The zero-order valence-corrected chi connectivity index (χ0v) is 41.7. The minimum Gasteiger partial charge on any atom is -0.491 e. The first-order valence-electron chi connectivity index (χ1n) is 19.9. The van der Waals surface area contributed by atoms with E-state index in [0.29, 0.717) is 35.2 Å². The van der Waals surface area contributed by atoms with E-state index >= 15 is 0 Å². The van der Waals surface area contributed by atoms with Gasteiger partial charge in [0.1, 0.15) is 73.1 Å². The third kappa shape index (κ3) is 27.8.